The van der Waals surface area contributed by atoms with E-state index in [0.29, 0.717) is 0 Å². The van der Waals surface area contributed by atoms with Gasteiger partial charge >= 0.3 is 0 Å². The predicted molar refractivity (Wildman–Crippen MR) is 79.4 cm³/mol. The molecule has 0 aliphatic rings. The minimum absolute atomic E-state index is 0.0238. The van der Waals surface area contributed by atoms with Crippen LogP contribution in [-0.2, 0) is 6.61 Å². The molecule has 0 spiro atoms. The maximum absolute atomic E-state index is 9.55. The molecular formula is C14H11BrN2OS. The number of hydrogen-bond acceptors (Lipinski definition) is 3. The first kappa shape index (κ1) is 12.7. The lowest BCUT2D eigenvalue weighted by atomic mass is 10.4. The third kappa shape index (κ3) is 2.54. The first-order valence-electron chi connectivity index (χ1n) is 5.78. The van der Waals surface area contributed by atoms with Gasteiger partial charge in [-0.15, -0.1) is 0 Å². The molecule has 2 aromatic heterocycles. The third-order valence-corrected chi connectivity index (χ3v) is 4.33. The Kier molecular flexibility index (Phi) is 3.59. The number of fused-ring (bicyclic) bond motifs is 1. The monoisotopic (exact) mass is 334 g/mol. The van der Waals surface area contributed by atoms with Gasteiger partial charge in [-0.25, -0.2) is 4.98 Å². The van der Waals surface area contributed by atoms with Crippen molar-refractivity contribution < 1.29 is 5.11 Å². The van der Waals surface area contributed by atoms with Gasteiger partial charge in [-0.3, -0.25) is 0 Å². The van der Waals surface area contributed by atoms with Gasteiger partial charge in [0.1, 0.15) is 10.7 Å². The first-order chi connectivity index (χ1) is 9.28. The molecule has 96 valence electrons. The second kappa shape index (κ2) is 5.36. The fraction of sp³-hybridized carbons (Fsp3) is 0.0714. The van der Waals surface area contributed by atoms with Crippen LogP contribution >= 0.6 is 27.7 Å². The van der Waals surface area contributed by atoms with Crippen LogP contribution < -0.4 is 0 Å². The van der Waals surface area contributed by atoms with Gasteiger partial charge in [-0.05, 0) is 36.4 Å². The van der Waals surface area contributed by atoms with Crippen molar-refractivity contribution in [2.45, 2.75) is 16.5 Å². The van der Waals surface area contributed by atoms with E-state index >= 15 is 0 Å². The smallest absolute Gasteiger partial charge is 0.138 e. The number of halogens is 1. The Morgan fingerprint density at radius 1 is 1.16 bits per heavy atom. The second-order valence-corrected chi connectivity index (χ2v) is 5.98. The van der Waals surface area contributed by atoms with Crippen LogP contribution in [0.1, 0.15) is 5.69 Å². The number of imidazole rings is 1. The van der Waals surface area contributed by atoms with Crippen LogP contribution in [0, 0.1) is 0 Å². The molecule has 0 bridgehead atoms. The summed E-state index contributed by atoms with van der Waals surface area (Å²) < 4.78 is 2.97. The van der Waals surface area contributed by atoms with Crippen LogP contribution in [0.2, 0.25) is 0 Å². The quantitative estimate of drug-likeness (QED) is 0.792. The molecule has 2 heterocycles. The largest absolute Gasteiger partial charge is 0.390 e. The Morgan fingerprint density at radius 2 is 1.95 bits per heavy atom. The van der Waals surface area contributed by atoms with E-state index in [1.165, 1.54) is 0 Å². The zero-order valence-electron chi connectivity index (χ0n) is 9.95. The highest BCUT2D eigenvalue weighted by atomic mass is 79.9. The highest BCUT2D eigenvalue weighted by Crippen LogP contribution is 2.31. The standard InChI is InChI=1S/C14H11BrN2OS/c15-10-4-6-11(7-5-10)19-14-12(9-18)17-8-2-1-3-13(17)16-14/h1-8,18H,9H2. The van der Waals surface area contributed by atoms with Crippen molar-refractivity contribution in [3.05, 3.63) is 58.8 Å². The number of aliphatic hydroxyl groups is 1. The molecular weight excluding hydrogens is 324 g/mol. The molecule has 0 aliphatic carbocycles. The summed E-state index contributed by atoms with van der Waals surface area (Å²) in [6.45, 7) is -0.0238. The van der Waals surface area contributed by atoms with Gasteiger partial charge in [0.05, 0.1) is 12.3 Å². The molecule has 0 radical (unpaired) electrons. The Hall–Kier alpha value is -1.30. The summed E-state index contributed by atoms with van der Waals surface area (Å²) in [6.07, 6.45) is 1.92. The summed E-state index contributed by atoms with van der Waals surface area (Å²) >= 11 is 4.98. The van der Waals surface area contributed by atoms with Crippen LogP contribution in [0.4, 0.5) is 0 Å². The first-order valence-corrected chi connectivity index (χ1v) is 7.39. The Balaban J connectivity index is 2.02. The van der Waals surface area contributed by atoms with E-state index in [4.69, 9.17) is 0 Å². The van der Waals surface area contributed by atoms with Gasteiger partial charge in [0, 0.05) is 15.6 Å². The summed E-state index contributed by atoms with van der Waals surface area (Å²) in [5.74, 6) is 0. The molecule has 0 fully saturated rings. The minimum Gasteiger partial charge on any atom is -0.390 e. The second-order valence-electron chi connectivity index (χ2n) is 4.01. The molecule has 0 unspecified atom stereocenters. The van der Waals surface area contributed by atoms with Crippen molar-refractivity contribution in [2.75, 3.05) is 0 Å². The molecule has 0 atom stereocenters. The molecule has 3 aromatic rings. The summed E-state index contributed by atoms with van der Waals surface area (Å²) in [7, 11) is 0. The van der Waals surface area contributed by atoms with Crippen molar-refractivity contribution in [3.8, 4) is 0 Å². The Morgan fingerprint density at radius 3 is 2.68 bits per heavy atom. The average molecular weight is 335 g/mol. The molecule has 0 aliphatic heterocycles. The summed E-state index contributed by atoms with van der Waals surface area (Å²) in [4.78, 5) is 5.65. The number of nitrogens with zero attached hydrogens (tertiary/aromatic N) is 2. The summed E-state index contributed by atoms with van der Waals surface area (Å²) in [6, 6.07) is 13.9. The Labute approximate surface area is 123 Å². The zero-order valence-corrected chi connectivity index (χ0v) is 12.4. The van der Waals surface area contributed by atoms with Gasteiger partial charge in [-0.1, -0.05) is 33.8 Å². The number of aromatic nitrogens is 2. The van der Waals surface area contributed by atoms with E-state index < -0.39 is 0 Å². The molecule has 3 nitrogen and oxygen atoms in total. The van der Waals surface area contributed by atoms with Crippen LogP contribution in [0.3, 0.4) is 0 Å². The maximum atomic E-state index is 9.55. The van der Waals surface area contributed by atoms with Crippen LogP contribution in [0.5, 0.6) is 0 Å². The molecule has 19 heavy (non-hydrogen) atoms. The molecule has 0 amide bonds. The van der Waals surface area contributed by atoms with Crippen molar-refractivity contribution in [1.82, 2.24) is 9.38 Å². The predicted octanol–water partition coefficient (Wildman–Crippen LogP) is 3.74. The van der Waals surface area contributed by atoms with E-state index in [9.17, 15) is 5.11 Å². The topological polar surface area (TPSA) is 37.5 Å². The van der Waals surface area contributed by atoms with E-state index in [2.05, 4.69) is 20.9 Å². The highest BCUT2D eigenvalue weighted by Gasteiger charge is 2.12. The highest BCUT2D eigenvalue weighted by molar-refractivity contribution is 9.10. The van der Waals surface area contributed by atoms with Gasteiger partial charge in [0.15, 0.2) is 0 Å². The van der Waals surface area contributed by atoms with Crippen molar-refractivity contribution in [3.63, 3.8) is 0 Å². The fourth-order valence-electron chi connectivity index (χ4n) is 1.86. The summed E-state index contributed by atoms with van der Waals surface area (Å²) in [5.41, 5.74) is 1.68. The normalized spacial score (nSPS) is 11.1. The number of pyridine rings is 1. The van der Waals surface area contributed by atoms with E-state index in [1.54, 1.807) is 11.8 Å². The average Bonchev–Trinajstić information content (AvgIpc) is 2.78. The lowest BCUT2D eigenvalue weighted by molar-refractivity contribution is 0.272. The molecule has 3 rings (SSSR count). The lowest BCUT2D eigenvalue weighted by Gasteiger charge is -2.01. The lowest BCUT2D eigenvalue weighted by Crippen LogP contribution is -1.92. The number of hydrogen-bond donors (Lipinski definition) is 1. The minimum atomic E-state index is -0.0238. The molecule has 0 saturated carbocycles. The van der Waals surface area contributed by atoms with Crippen molar-refractivity contribution in [2.24, 2.45) is 0 Å². The van der Waals surface area contributed by atoms with Crippen LogP contribution in [0.25, 0.3) is 5.65 Å². The van der Waals surface area contributed by atoms with Crippen molar-refractivity contribution >= 4 is 33.3 Å². The maximum Gasteiger partial charge on any atom is 0.138 e. The number of rotatable bonds is 3. The summed E-state index contributed by atoms with van der Waals surface area (Å²) in [5, 5.41) is 10.4. The number of aliphatic hydroxyl groups excluding tert-OH is 1. The fourth-order valence-corrected chi connectivity index (χ4v) is 3.04. The van der Waals surface area contributed by atoms with Crippen LogP contribution in [0.15, 0.2) is 63.1 Å². The van der Waals surface area contributed by atoms with E-state index in [0.717, 1.165) is 25.7 Å². The van der Waals surface area contributed by atoms with Crippen LogP contribution in [-0.4, -0.2) is 14.5 Å². The van der Waals surface area contributed by atoms with E-state index in [1.807, 2.05) is 53.1 Å². The van der Waals surface area contributed by atoms with Gasteiger partial charge in [0.25, 0.3) is 0 Å². The molecule has 0 saturated heterocycles. The number of benzene rings is 1. The Bertz CT molecular complexity index is 709. The van der Waals surface area contributed by atoms with Gasteiger partial charge in [0.2, 0.25) is 0 Å². The molecule has 1 N–H and O–H groups in total. The van der Waals surface area contributed by atoms with Gasteiger partial charge < -0.3 is 9.51 Å². The third-order valence-electron chi connectivity index (χ3n) is 2.77. The molecule has 1 aromatic carbocycles. The van der Waals surface area contributed by atoms with E-state index in [-0.39, 0.29) is 6.61 Å². The zero-order chi connectivity index (χ0) is 13.2. The SMILES string of the molecule is OCc1c(Sc2ccc(Br)cc2)nc2ccccn12. The van der Waals surface area contributed by atoms with Crippen molar-refractivity contribution in [1.29, 1.82) is 0 Å². The molecule has 5 heteroatoms. The van der Waals surface area contributed by atoms with Gasteiger partial charge in [-0.2, -0.15) is 0 Å².